The van der Waals surface area contributed by atoms with Crippen LogP contribution in [0.4, 0.5) is 0 Å². The maximum absolute atomic E-state index is 12.4. The second-order valence-corrected chi connectivity index (χ2v) is 6.58. The Bertz CT molecular complexity index is 463. The van der Waals surface area contributed by atoms with Gasteiger partial charge in [0.1, 0.15) is 0 Å². The monoisotopic (exact) mass is 311 g/mol. The van der Waals surface area contributed by atoms with Gasteiger partial charge in [-0.05, 0) is 32.4 Å². The first-order chi connectivity index (χ1) is 10.2. The second kappa shape index (κ2) is 7.84. The number of aromatic nitrogens is 2. The highest BCUT2D eigenvalue weighted by atomic mass is 32.2. The van der Waals surface area contributed by atoms with Gasteiger partial charge >= 0.3 is 0 Å². The zero-order valence-electron chi connectivity index (χ0n) is 12.8. The highest BCUT2D eigenvalue weighted by Crippen LogP contribution is 2.30. The van der Waals surface area contributed by atoms with Crippen molar-refractivity contribution in [3.8, 4) is 0 Å². The molecule has 2 rings (SSSR count). The van der Waals surface area contributed by atoms with Crippen LogP contribution in [-0.4, -0.2) is 45.5 Å². The fraction of sp³-hybridized carbons (Fsp3) is 0.733. The maximum atomic E-state index is 12.4. The van der Waals surface area contributed by atoms with Crippen LogP contribution in [0.2, 0.25) is 0 Å². The predicted molar refractivity (Wildman–Crippen MR) is 85.8 cm³/mol. The highest BCUT2D eigenvalue weighted by molar-refractivity contribution is 7.98. The summed E-state index contributed by atoms with van der Waals surface area (Å²) in [6.45, 7) is 2.06. The van der Waals surface area contributed by atoms with Gasteiger partial charge in [0.05, 0.1) is 17.8 Å². The molecule has 0 aromatic carbocycles. The Hall–Kier alpha value is -1.01. The number of hydrogen-bond acceptors (Lipinski definition) is 4. The van der Waals surface area contributed by atoms with E-state index in [-0.39, 0.29) is 18.6 Å². The Kier molecular flexibility index (Phi) is 6.11. The summed E-state index contributed by atoms with van der Waals surface area (Å²) in [6, 6.07) is 0.456. The van der Waals surface area contributed by atoms with E-state index in [2.05, 4.69) is 10.4 Å². The van der Waals surface area contributed by atoms with Gasteiger partial charge in [-0.25, -0.2) is 0 Å². The number of aliphatic hydroxyl groups is 1. The lowest BCUT2D eigenvalue weighted by Gasteiger charge is -2.17. The first kappa shape index (κ1) is 16.4. The van der Waals surface area contributed by atoms with Crippen molar-refractivity contribution in [2.24, 2.45) is 0 Å². The molecule has 1 fully saturated rings. The summed E-state index contributed by atoms with van der Waals surface area (Å²) in [7, 11) is 0. The molecule has 1 aliphatic rings. The van der Waals surface area contributed by atoms with Gasteiger partial charge in [-0.15, -0.1) is 0 Å². The number of thioether (sulfide) groups is 1. The minimum atomic E-state index is -0.0794. The molecule has 1 saturated carbocycles. The molecule has 2 N–H and O–H groups in total. The Balaban J connectivity index is 2.05. The summed E-state index contributed by atoms with van der Waals surface area (Å²) >= 11 is 1.67. The number of nitrogens with zero attached hydrogens (tertiary/aromatic N) is 2. The second-order valence-electron chi connectivity index (χ2n) is 5.66. The third-order valence-electron chi connectivity index (χ3n) is 4.14. The van der Waals surface area contributed by atoms with Crippen LogP contribution in [0.25, 0.3) is 0 Å². The van der Waals surface area contributed by atoms with Gasteiger partial charge in [-0.1, -0.05) is 12.8 Å². The summed E-state index contributed by atoms with van der Waals surface area (Å²) in [4.78, 5) is 12.4. The first-order valence-corrected chi connectivity index (χ1v) is 9.01. The number of rotatable bonds is 7. The summed E-state index contributed by atoms with van der Waals surface area (Å²) in [5.74, 6) is 0.728. The molecule has 6 heteroatoms. The van der Waals surface area contributed by atoms with Crippen molar-refractivity contribution in [1.82, 2.24) is 15.1 Å². The molecule has 1 aromatic heterocycles. The quantitative estimate of drug-likeness (QED) is 0.810. The van der Waals surface area contributed by atoms with Crippen LogP contribution in [0, 0.1) is 6.92 Å². The molecule has 1 amide bonds. The molecule has 21 heavy (non-hydrogen) atoms. The van der Waals surface area contributed by atoms with Crippen LogP contribution >= 0.6 is 11.8 Å². The van der Waals surface area contributed by atoms with E-state index in [9.17, 15) is 4.79 Å². The van der Waals surface area contributed by atoms with E-state index in [1.807, 2.05) is 17.9 Å². The van der Waals surface area contributed by atoms with Crippen LogP contribution in [0.15, 0.2) is 6.20 Å². The smallest absolute Gasteiger partial charge is 0.254 e. The van der Waals surface area contributed by atoms with E-state index >= 15 is 0 Å². The lowest BCUT2D eigenvalue weighted by Crippen LogP contribution is -2.37. The van der Waals surface area contributed by atoms with Crippen LogP contribution in [0.3, 0.4) is 0 Å². The zero-order chi connectivity index (χ0) is 15.2. The Morgan fingerprint density at radius 2 is 2.29 bits per heavy atom. The van der Waals surface area contributed by atoms with E-state index in [1.54, 1.807) is 18.0 Å². The number of aliphatic hydroxyl groups excluding tert-OH is 1. The minimum Gasteiger partial charge on any atom is -0.396 e. The number of carbonyl (C=O) groups is 1. The molecule has 1 unspecified atom stereocenters. The van der Waals surface area contributed by atoms with Crippen molar-refractivity contribution in [1.29, 1.82) is 0 Å². The Morgan fingerprint density at radius 3 is 2.90 bits per heavy atom. The largest absolute Gasteiger partial charge is 0.396 e. The molecule has 0 aliphatic heterocycles. The molecule has 0 bridgehead atoms. The molecule has 1 atom stereocenters. The van der Waals surface area contributed by atoms with Gasteiger partial charge in [0.25, 0.3) is 5.91 Å². The molecule has 1 aliphatic carbocycles. The number of amides is 1. The van der Waals surface area contributed by atoms with Crippen LogP contribution < -0.4 is 5.32 Å². The fourth-order valence-corrected chi connectivity index (χ4v) is 3.63. The lowest BCUT2D eigenvalue weighted by atomic mass is 10.2. The molecule has 1 heterocycles. The van der Waals surface area contributed by atoms with E-state index in [4.69, 9.17) is 5.11 Å². The Morgan fingerprint density at radius 1 is 1.57 bits per heavy atom. The third-order valence-corrected chi connectivity index (χ3v) is 4.88. The summed E-state index contributed by atoms with van der Waals surface area (Å²) in [5, 5.41) is 16.5. The predicted octanol–water partition coefficient (Wildman–Crippen LogP) is 2.15. The molecule has 0 saturated heterocycles. The van der Waals surface area contributed by atoms with Crippen LogP contribution in [0.5, 0.6) is 0 Å². The standard InChI is InChI=1S/C15H25N3O2S/c1-11-14(9-16-18(11)13-5-3-4-6-13)15(20)17-12(7-8-19)10-21-2/h9,12-13,19H,3-8,10H2,1-2H3,(H,17,20). The van der Waals surface area contributed by atoms with Crippen molar-refractivity contribution < 1.29 is 9.90 Å². The molecular formula is C15H25N3O2S. The normalized spacial score (nSPS) is 17.1. The molecular weight excluding hydrogens is 286 g/mol. The van der Waals surface area contributed by atoms with Crippen molar-refractivity contribution in [3.63, 3.8) is 0 Å². The van der Waals surface area contributed by atoms with Crippen LogP contribution in [-0.2, 0) is 0 Å². The highest BCUT2D eigenvalue weighted by Gasteiger charge is 2.23. The van der Waals surface area contributed by atoms with Crippen LogP contribution in [0.1, 0.15) is 54.2 Å². The van der Waals surface area contributed by atoms with Gasteiger partial charge < -0.3 is 10.4 Å². The van der Waals surface area contributed by atoms with E-state index < -0.39 is 0 Å². The van der Waals surface area contributed by atoms with Gasteiger partial charge in [0, 0.05) is 24.1 Å². The van der Waals surface area contributed by atoms with Crippen molar-refractivity contribution in [2.75, 3.05) is 18.6 Å². The topological polar surface area (TPSA) is 67.2 Å². The third kappa shape index (κ3) is 4.01. The lowest BCUT2D eigenvalue weighted by molar-refractivity contribution is 0.0934. The van der Waals surface area contributed by atoms with Gasteiger partial charge in [-0.3, -0.25) is 9.48 Å². The molecule has 118 valence electrons. The van der Waals surface area contributed by atoms with E-state index in [0.29, 0.717) is 18.0 Å². The van der Waals surface area contributed by atoms with Gasteiger partial charge in [0.2, 0.25) is 0 Å². The molecule has 0 spiro atoms. The van der Waals surface area contributed by atoms with Crippen molar-refractivity contribution in [2.45, 2.75) is 51.1 Å². The van der Waals surface area contributed by atoms with Crippen molar-refractivity contribution in [3.05, 3.63) is 17.5 Å². The number of carbonyl (C=O) groups excluding carboxylic acids is 1. The van der Waals surface area contributed by atoms with Gasteiger partial charge in [0.15, 0.2) is 0 Å². The van der Waals surface area contributed by atoms with E-state index in [1.165, 1.54) is 12.8 Å². The average Bonchev–Trinajstić information content (AvgIpc) is 3.08. The van der Waals surface area contributed by atoms with Crippen molar-refractivity contribution >= 4 is 17.7 Å². The SMILES string of the molecule is CSCC(CCO)NC(=O)c1cnn(C2CCCC2)c1C. The first-order valence-electron chi connectivity index (χ1n) is 7.62. The number of nitrogens with one attached hydrogen (secondary N) is 1. The Labute approximate surface area is 130 Å². The molecule has 1 aromatic rings. The number of hydrogen-bond donors (Lipinski definition) is 2. The van der Waals surface area contributed by atoms with Gasteiger partial charge in [-0.2, -0.15) is 16.9 Å². The molecule has 5 nitrogen and oxygen atoms in total. The average molecular weight is 311 g/mol. The maximum Gasteiger partial charge on any atom is 0.254 e. The summed E-state index contributed by atoms with van der Waals surface area (Å²) in [5.41, 5.74) is 1.61. The minimum absolute atomic E-state index is 0.00623. The summed E-state index contributed by atoms with van der Waals surface area (Å²) < 4.78 is 2.01. The zero-order valence-corrected chi connectivity index (χ0v) is 13.7. The van der Waals surface area contributed by atoms with E-state index in [0.717, 1.165) is 24.3 Å². The fourth-order valence-electron chi connectivity index (χ4n) is 2.98. The molecule has 0 radical (unpaired) electrons. The summed E-state index contributed by atoms with van der Waals surface area (Å²) in [6.07, 6.45) is 9.07.